The van der Waals surface area contributed by atoms with Crippen LogP contribution in [-0.2, 0) is 0 Å². The van der Waals surface area contributed by atoms with E-state index in [4.69, 9.17) is 4.74 Å². The molecule has 0 atom stereocenters. The molecule has 0 saturated carbocycles. The summed E-state index contributed by atoms with van der Waals surface area (Å²) in [4.78, 5) is 0. The third-order valence-corrected chi connectivity index (χ3v) is 2.52. The SMILES string of the molecule is C=COc1c(C(C)C)cccc1C(C)C. The second kappa shape index (κ2) is 5.01. The first kappa shape index (κ1) is 11.8. The van der Waals surface area contributed by atoms with Crippen LogP contribution in [0.15, 0.2) is 31.0 Å². The smallest absolute Gasteiger partial charge is 0.133 e. The van der Waals surface area contributed by atoms with Crippen molar-refractivity contribution in [3.8, 4) is 5.75 Å². The maximum Gasteiger partial charge on any atom is 0.133 e. The minimum absolute atomic E-state index is 0.471. The van der Waals surface area contributed by atoms with Crippen molar-refractivity contribution in [2.75, 3.05) is 0 Å². The molecular formula is C14H20O. The predicted molar refractivity (Wildman–Crippen MR) is 65.4 cm³/mol. The maximum atomic E-state index is 5.55. The highest BCUT2D eigenvalue weighted by Crippen LogP contribution is 2.34. The second-order valence-electron chi connectivity index (χ2n) is 4.36. The zero-order valence-electron chi connectivity index (χ0n) is 10.1. The average Bonchev–Trinajstić information content (AvgIpc) is 2.17. The zero-order valence-corrected chi connectivity index (χ0v) is 10.1. The number of rotatable bonds is 4. The summed E-state index contributed by atoms with van der Waals surface area (Å²) < 4.78 is 5.55. The number of hydrogen-bond acceptors (Lipinski definition) is 1. The van der Waals surface area contributed by atoms with Crippen LogP contribution in [0.1, 0.15) is 50.7 Å². The van der Waals surface area contributed by atoms with Crippen LogP contribution in [0.5, 0.6) is 5.75 Å². The molecule has 0 saturated heterocycles. The molecule has 0 heterocycles. The van der Waals surface area contributed by atoms with E-state index < -0.39 is 0 Å². The molecule has 1 heteroatoms. The molecule has 0 aliphatic rings. The van der Waals surface area contributed by atoms with Crippen LogP contribution >= 0.6 is 0 Å². The number of ether oxygens (including phenoxy) is 1. The molecular weight excluding hydrogens is 184 g/mol. The van der Waals surface area contributed by atoms with Gasteiger partial charge in [-0.25, -0.2) is 0 Å². The highest BCUT2D eigenvalue weighted by atomic mass is 16.5. The normalized spacial score (nSPS) is 10.8. The lowest BCUT2D eigenvalue weighted by atomic mass is 9.94. The van der Waals surface area contributed by atoms with Crippen LogP contribution in [-0.4, -0.2) is 0 Å². The fourth-order valence-electron chi connectivity index (χ4n) is 1.70. The molecule has 0 fully saturated rings. The van der Waals surface area contributed by atoms with E-state index in [1.54, 1.807) is 0 Å². The van der Waals surface area contributed by atoms with Crippen molar-refractivity contribution < 1.29 is 4.74 Å². The first-order chi connectivity index (χ1) is 7.07. The number of para-hydroxylation sites is 1. The van der Waals surface area contributed by atoms with Crippen LogP contribution in [0.2, 0.25) is 0 Å². The summed E-state index contributed by atoms with van der Waals surface area (Å²) in [5.74, 6) is 1.93. The topological polar surface area (TPSA) is 9.23 Å². The molecule has 0 N–H and O–H groups in total. The van der Waals surface area contributed by atoms with Crippen LogP contribution in [0, 0.1) is 0 Å². The fraction of sp³-hybridized carbons (Fsp3) is 0.429. The summed E-state index contributed by atoms with van der Waals surface area (Å²) in [6.45, 7) is 12.3. The molecule has 0 spiro atoms. The van der Waals surface area contributed by atoms with Gasteiger partial charge in [0.05, 0.1) is 6.26 Å². The van der Waals surface area contributed by atoms with Crippen molar-refractivity contribution in [1.82, 2.24) is 0 Å². The minimum Gasteiger partial charge on any atom is -0.465 e. The molecule has 0 bridgehead atoms. The van der Waals surface area contributed by atoms with Gasteiger partial charge in [0, 0.05) is 0 Å². The van der Waals surface area contributed by atoms with Crippen LogP contribution < -0.4 is 4.74 Å². The van der Waals surface area contributed by atoms with Crippen molar-refractivity contribution in [1.29, 1.82) is 0 Å². The average molecular weight is 204 g/mol. The van der Waals surface area contributed by atoms with Gasteiger partial charge in [0.15, 0.2) is 0 Å². The lowest BCUT2D eigenvalue weighted by Gasteiger charge is -2.17. The Hall–Kier alpha value is -1.24. The Kier molecular flexibility index (Phi) is 3.96. The zero-order chi connectivity index (χ0) is 11.4. The number of benzene rings is 1. The van der Waals surface area contributed by atoms with Crippen LogP contribution in [0.3, 0.4) is 0 Å². The molecule has 0 aliphatic carbocycles. The molecule has 1 nitrogen and oxygen atoms in total. The van der Waals surface area contributed by atoms with Gasteiger partial charge in [0.25, 0.3) is 0 Å². The van der Waals surface area contributed by atoms with Crippen molar-refractivity contribution in [2.45, 2.75) is 39.5 Å². The van der Waals surface area contributed by atoms with Gasteiger partial charge in [-0.15, -0.1) is 0 Å². The third kappa shape index (κ3) is 2.62. The third-order valence-electron chi connectivity index (χ3n) is 2.52. The predicted octanol–water partition coefficient (Wildman–Crippen LogP) is 4.46. The van der Waals surface area contributed by atoms with Gasteiger partial charge in [0.2, 0.25) is 0 Å². The summed E-state index contributed by atoms with van der Waals surface area (Å²) in [5, 5.41) is 0. The Morgan fingerprint density at radius 1 is 1.07 bits per heavy atom. The van der Waals surface area contributed by atoms with Gasteiger partial charge >= 0.3 is 0 Å². The molecule has 1 aromatic carbocycles. The Morgan fingerprint density at radius 2 is 1.53 bits per heavy atom. The van der Waals surface area contributed by atoms with E-state index in [0.29, 0.717) is 11.8 Å². The van der Waals surface area contributed by atoms with Crippen LogP contribution in [0.25, 0.3) is 0 Å². The molecule has 0 aliphatic heterocycles. The first-order valence-corrected chi connectivity index (χ1v) is 5.48. The van der Waals surface area contributed by atoms with Crippen molar-refractivity contribution >= 4 is 0 Å². The molecule has 0 aromatic heterocycles. The lowest BCUT2D eigenvalue weighted by Crippen LogP contribution is -1.99. The Bertz CT molecular complexity index is 311. The van der Waals surface area contributed by atoms with Gasteiger partial charge in [-0.2, -0.15) is 0 Å². The van der Waals surface area contributed by atoms with E-state index in [0.717, 1.165) is 5.75 Å². The molecule has 82 valence electrons. The molecule has 0 radical (unpaired) electrons. The second-order valence-corrected chi connectivity index (χ2v) is 4.36. The number of hydrogen-bond donors (Lipinski definition) is 0. The standard InChI is InChI=1S/C14H20O/c1-6-15-14-12(10(2)3)8-7-9-13(14)11(4)5/h6-11H,1H2,2-5H3. The van der Waals surface area contributed by atoms with Crippen LogP contribution in [0.4, 0.5) is 0 Å². The van der Waals surface area contributed by atoms with Crippen molar-refractivity contribution in [2.24, 2.45) is 0 Å². The minimum atomic E-state index is 0.471. The van der Waals surface area contributed by atoms with Crippen molar-refractivity contribution in [3.05, 3.63) is 42.2 Å². The molecule has 1 rings (SSSR count). The van der Waals surface area contributed by atoms with E-state index in [1.807, 2.05) is 0 Å². The van der Waals surface area contributed by atoms with E-state index in [9.17, 15) is 0 Å². The van der Waals surface area contributed by atoms with Gasteiger partial charge in [0.1, 0.15) is 5.75 Å². The molecule has 15 heavy (non-hydrogen) atoms. The van der Waals surface area contributed by atoms with Crippen molar-refractivity contribution in [3.63, 3.8) is 0 Å². The monoisotopic (exact) mass is 204 g/mol. The quantitative estimate of drug-likeness (QED) is 0.658. The highest BCUT2D eigenvalue weighted by Gasteiger charge is 2.13. The van der Waals surface area contributed by atoms with E-state index in [2.05, 4.69) is 52.5 Å². The lowest BCUT2D eigenvalue weighted by molar-refractivity contribution is 0.464. The Balaban J connectivity index is 3.27. The first-order valence-electron chi connectivity index (χ1n) is 5.48. The maximum absolute atomic E-state index is 5.55. The van der Waals surface area contributed by atoms with Gasteiger partial charge < -0.3 is 4.74 Å². The Morgan fingerprint density at radius 3 is 1.87 bits per heavy atom. The van der Waals surface area contributed by atoms with Gasteiger partial charge in [-0.1, -0.05) is 52.5 Å². The summed E-state index contributed by atoms with van der Waals surface area (Å²) in [7, 11) is 0. The van der Waals surface area contributed by atoms with E-state index >= 15 is 0 Å². The summed E-state index contributed by atoms with van der Waals surface area (Å²) in [6.07, 6.45) is 1.51. The summed E-state index contributed by atoms with van der Waals surface area (Å²) in [6, 6.07) is 6.34. The molecule has 0 unspecified atom stereocenters. The molecule has 1 aromatic rings. The largest absolute Gasteiger partial charge is 0.465 e. The fourth-order valence-corrected chi connectivity index (χ4v) is 1.70. The Labute approximate surface area is 92.8 Å². The summed E-state index contributed by atoms with van der Waals surface area (Å²) in [5.41, 5.74) is 2.50. The molecule has 0 amide bonds. The van der Waals surface area contributed by atoms with E-state index in [1.165, 1.54) is 17.4 Å². The van der Waals surface area contributed by atoms with Gasteiger partial charge in [-0.3, -0.25) is 0 Å². The van der Waals surface area contributed by atoms with E-state index in [-0.39, 0.29) is 0 Å². The van der Waals surface area contributed by atoms with Gasteiger partial charge in [-0.05, 0) is 23.0 Å². The summed E-state index contributed by atoms with van der Waals surface area (Å²) >= 11 is 0. The highest BCUT2D eigenvalue weighted by molar-refractivity contribution is 5.45.